The summed E-state index contributed by atoms with van der Waals surface area (Å²) in [5, 5.41) is 3.22. The van der Waals surface area contributed by atoms with E-state index in [9.17, 15) is 9.59 Å². The van der Waals surface area contributed by atoms with Crippen molar-refractivity contribution in [3.63, 3.8) is 0 Å². The third-order valence-corrected chi connectivity index (χ3v) is 11.7. The maximum absolute atomic E-state index is 11.9. The van der Waals surface area contributed by atoms with Crippen LogP contribution in [-0.4, -0.2) is 100 Å². The number of fused-ring (bicyclic) bond motifs is 1. The molecule has 270 valence electrons. The first-order chi connectivity index (χ1) is 25.2. The van der Waals surface area contributed by atoms with Gasteiger partial charge in [0.1, 0.15) is 5.69 Å². The first kappa shape index (κ1) is 34.2. The van der Waals surface area contributed by atoms with Crippen molar-refractivity contribution in [2.45, 2.75) is 64.6 Å². The molecule has 52 heavy (non-hydrogen) atoms. The number of likely N-dealkylation sites (tertiary alicyclic amines) is 1. The molecule has 0 radical (unpaired) electrons. The van der Waals surface area contributed by atoms with Gasteiger partial charge in [-0.1, -0.05) is 36.4 Å². The average Bonchev–Trinajstić information content (AvgIpc) is 3.75. The van der Waals surface area contributed by atoms with E-state index in [1.54, 1.807) is 21.1 Å². The Balaban J connectivity index is 1.05. The van der Waals surface area contributed by atoms with Crippen LogP contribution in [0.25, 0.3) is 33.6 Å². The highest BCUT2D eigenvalue weighted by Crippen LogP contribution is 2.47. The molecule has 2 aromatic carbocycles. The number of nitrogens with one attached hydrogen (secondary N) is 1. The summed E-state index contributed by atoms with van der Waals surface area (Å²) in [4.78, 5) is 45.2. The monoisotopic (exact) mass is 701 g/mol. The second-order valence-electron chi connectivity index (χ2n) is 14.8. The molecule has 3 saturated heterocycles. The number of hydrogen-bond donors (Lipinski definition) is 1. The van der Waals surface area contributed by atoms with Crippen molar-refractivity contribution in [2.75, 3.05) is 53.5 Å². The van der Waals surface area contributed by atoms with Gasteiger partial charge < -0.3 is 19.7 Å². The smallest absolute Gasteiger partial charge is 0.237 e. The van der Waals surface area contributed by atoms with Crippen LogP contribution in [0.5, 0.6) is 11.8 Å². The van der Waals surface area contributed by atoms with E-state index >= 15 is 0 Å². The molecule has 5 heterocycles. The number of carbonyl (C=O) groups excluding carboxylic acids is 2. The number of carbonyl (C=O) groups is 2. The summed E-state index contributed by atoms with van der Waals surface area (Å²) in [6.45, 7) is 11.3. The second-order valence-corrected chi connectivity index (χ2v) is 14.8. The number of benzene rings is 2. The Kier molecular flexibility index (Phi) is 8.95. The van der Waals surface area contributed by atoms with E-state index in [0.29, 0.717) is 37.8 Å². The van der Waals surface area contributed by atoms with Crippen LogP contribution in [0.3, 0.4) is 0 Å². The Bertz CT molecular complexity index is 2050. The summed E-state index contributed by atoms with van der Waals surface area (Å²) in [5.74, 6) is 1.51. The molecule has 0 bridgehead atoms. The number of piperazine rings is 1. The van der Waals surface area contributed by atoms with Gasteiger partial charge in [0.05, 0.1) is 37.3 Å². The number of ether oxygens (including phenoxy) is 2. The molecule has 3 aliphatic heterocycles. The molecule has 1 N–H and O–H groups in total. The number of rotatable bonds is 8. The Labute approximate surface area is 305 Å². The van der Waals surface area contributed by atoms with Crippen LogP contribution in [0.2, 0.25) is 0 Å². The Morgan fingerprint density at radius 3 is 2.13 bits per heavy atom. The van der Waals surface area contributed by atoms with E-state index in [0.717, 1.165) is 95.9 Å². The van der Waals surface area contributed by atoms with E-state index in [1.807, 2.05) is 11.1 Å². The maximum atomic E-state index is 11.9. The summed E-state index contributed by atoms with van der Waals surface area (Å²) >= 11 is 0. The number of nitrogens with zero attached hydrogens (tertiary/aromatic N) is 6. The van der Waals surface area contributed by atoms with Gasteiger partial charge in [0, 0.05) is 81.9 Å². The number of methoxy groups -OCH3 is 2. The Hall–Kier alpha value is -4.87. The standard InChI is InChI=1S/C41H47N7O4/c1-25-29(30-9-7-11-32(26(30)2)34-21-42-35(39(44-34)51-4)22-46-16-18-47(19-17-46)27(3)49)8-6-10-31(25)33-20-28-12-13-36(38(28)40(43-33)52-5)48-23-41(24-48)15-14-37(50)45-41/h6-11,20-21,36H,12-19,22-24H2,1-5H3,(H,45,50)/t36-/m0/s1. The second kappa shape index (κ2) is 13.6. The first-order valence-electron chi connectivity index (χ1n) is 18.4. The van der Waals surface area contributed by atoms with Crippen molar-refractivity contribution in [3.8, 4) is 45.4 Å². The van der Waals surface area contributed by atoms with Gasteiger partial charge >= 0.3 is 0 Å². The van der Waals surface area contributed by atoms with Gasteiger partial charge in [-0.3, -0.25) is 24.4 Å². The molecule has 8 rings (SSSR count). The van der Waals surface area contributed by atoms with Crippen molar-refractivity contribution in [2.24, 2.45) is 0 Å². The molecule has 1 atom stereocenters. The van der Waals surface area contributed by atoms with E-state index in [-0.39, 0.29) is 23.4 Å². The number of hydrogen-bond acceptors (Lipinski definition) is 9. The molecule has 2 amide bonds. The van der Waals surface area contributed by atoms with Crippen LogP contribution < -0.4 is 14.8 Å². The molecule has 1 spiro atoms. The molecule has 2 aromatic heterocycles. The largest absolute Gasteiger partial charge is 0.481 e. The van der Waals surface area contributed by atoms with Crippen LogP contribution in [0.4, 0.5) is 0 Å². The fourth-order valence-corrected chi connectivity index (χ4v) is 8.84. The number of amides is 2. The van der Waals surface area contributed by atoms with Gasteiger partial charge in [0.25, 0.3) is 0 Å². The number of aryl methyl sites for hydroxylation is 1. The van der Waals surface area contributed by atoms with Gasteiger partial charge in [0.15, 0.2) is 0 Å². The van der Waals surface area contributed by atoms with Gasteiger partial charge in [-0.05, 0) is 67.0 Å². The lowest BCUT2D eigenvalue weighted by Gasteiger charge is -2.50. The van der Waals surface area contributed by atoms with Gasteiger partial charge in [-0.15, -0.1) is 0 Å². The minimum Gasteiger partial charge on any atom is -0.481 e. The van der Waals surface area contributed by atoms with Crippen molar-refractivity contribution in [1.29, 1.82) is 0 Å². The average molecular weight is 702 g/mol. The minimum absolute atomic E-state index is 0.0514. The zero-order chi connectivity index (χ0) is 36.1. The number of pyridine rings is 1. The molecule has 4 aromatic rings. The zero-order valence-electron chi connectivity index (χ0n) is 30.8. The van der Waals surface area contributed by atoms with Crippen molar-refractivity contribution in [3.05, 3.63) is 76.6 Å². The molecule has 0 saturated carbocycles. The van der Waals surface area contributed by atoms with Gasteiger partial charge in [0.2, 0.25) is 23.6 Å². The fraction of sp³-hybridized carbons (Fsp3) is 0.439. The van der Waals surface area contributed by atoms with Gasteiger partial charge in [-0.25, -0.2) is 9.97 Å². The highest BCUT2D eigenvalue weighted by molar-refractivity contribution is 5.83. The summed E-state index contributed by atoms with van der Waals surface area (Å²) in [6.07, 6.45) is 5.40. The molecule has 11 heteroatoms. The highest BCUT2D eigenvalue weighted by Gasteiger charge is 2.51. The topological polar surface area (TPSA) is 113 Å². The van der Waals surface area contributed by atoms with Crippen molar-refractivity contribution >= 4 is 11.8 Å². The van der Waals surface area contributed by atoms with Crippen molar-refractivity contribution < 1.29 is 19.1 Å². The van der Waals surface area contributed by atoms with E-state index in [1.165, 1.54) is 11.1 Å². The lowest BCUT2D eigenvalue weighted by Crippen LogP contribution is -2.67. The fourth-order valence-electron chi connectivity index (χ4n) is 8.84. The molecule has 0 unspecified atom stereocenters. The maximum Gasteiger partial charge on any atom is 0.237 e. The normalized spacial score (nSPS) is 19.8. The molecular formula is C41H47N7O4. The lowest BCUT2D eigenvalue weighted by molar-refractivity contribution is -0.130. The summed E-state index contributed by atoms with van der Waals surface area (Å²) in [6, 6.07) is 15.3. The highest BCUT2D eigenvalue weighted by atomic mass is 16.5. The molecule has 4 aliphatic rings. The minimum atomic E-state index is -0.0514. The molecule has 11 nitrogen and oxygen atoms in total. The van der Waals surface area contributed by atoms with Crippen LogP contribution in [0.1, 0.15) is 60.2 Å². The summed E-state index contributed by atoms with van der Waals surface area (Å²) in [5.41, 5.74) is 11.5. The van der Waals surface area contributed by atoms with E-state index in [4.69, 9.17) is 24.4 Å². The SMILES string of the molecule is COc1nc(-c2cccc(-c3cccc(-c4cc5c(c(OC)n4)[C@@H](N4CC6(CCC(=O)N6)C4)CC5)c3C)c2C)cnc1CN1CCN(C(C)=O)CC1. The van der Waals surface area contributed by atoms with Crippen LogP contribution in [-0.2, 0) is 22.6 Å². The first-order valence-corrected chi connectivity index (χ1v) is 18.4. The Morgan fingerprint density at radius 1 is 0.885 bits per heavy atom. The number of aromatic nitrogens is 3. The lowest BCUT2D eigenvalue weighted by atomic mass is 9.86. The van der Waals surface area contributed by atoms with Gasteiger partial charge in [-0.2, -0.15) is 0 Å². The molecule has 3 fully saturated rings. The summed E-state index contributed by atoms with van der Waals surface area (Å²) in [7, 11) is 3.36. The third kappa shape index (κ3) is 6.09. The summed E-state index contributed by atoms with van der Waals surface area (Å²) < 4.78 is 11.7. The van der Waals surface area contributed by atoms with Crippen molar-refractivity contribution in [1.82, 2.24) is 35.0 Å². The molecular weight excluding hydrogens is 654 g/mol. The van der Waals surface area contributed by atoms with Crippen LogP contribution in [0, 0.1) is 13.8 Å². The van der Waals surface area contributed by atoms with Crippen LogP contribution in [0.15, 0.2) is 48.7 Å². The predicted octanol–water partition coefficient (Wildman–Crippen LogP) is 5.12. The van der Waals surface area contributed by atoms with Crippen LogP contribution >= 0.6 is 0 Å². The quantitative estimate of drug-likeness (QED) is 0.268. The Morgan fingerprint density at radius 2 is 1.52 bits per heavy atom. The van der Waals surface area contributed by atoms with E-state index in [2.05, 4.69) is 71.4 Å². The zero-order valence-corrected chi connectivity index (χ0v) is 30.8. The third-order valence-electron chi connectivity index (χ3n) is 11.7. The molecule has 1 aliphatic carbocycles. The predicted molar refractivity (Wildman–Crippen MR) is 199 cm³/mol. The van der Waals surface area contributed by atoms with E-state index < -0.39 is 0 Å².